The summed E-state index contributed by atoms with van der Waals surface area (Å²) in [5.41, 5.74) is 1.68. The number of aromatic nitrogens is 3. The third-order valence-corrected chi connectivity index (χ3v) is 6.71. The summed E-state index contributed by atoms with van der Waals surface area (Å²) in [4.78, 5) is 38.5. The van der Waals surface area contributed by atoms with E-state index >= 15 is 0 Å². The van der Waals surface area contributed by atoms with Crippen molar-refractivity contribution < 1.29 is 19.1 Å². The first-order valence-corrected chi connectivity index (χ1v) is 11.6. The van der Waals surface area contributed by atoms with Gasteiger partial charge in [-0.1, -0.05) is 28.7 Å². The Kier molecular flexibility index (Phi) is 5.78. The molecule has 0 bridgehead atoms. The predicted octanol–water partition coefficient (Wildman–Crippen LogP) is 4.82. The lowest BCUT2D eigenvalue weighted by Gasteiger charge is -2.04. The number of fused-ring (bicyclic) bond motifs is 2. The van der Waals surface area contributed by atoms with Crippen LogP contribution in [0.2, 0.25) is 0 Å². The van der Waals surface area contributed by atoms with Crippen molar-refractivity contribution in [3.8, 4) is 11.5 Å². The minimum atomic E-state index is -0.465. The van der Waals surface area contributed by atoms with Crippen molar-refractivity contribution >= 4 is 65.2 Å². The average Bonchev–Trinajstić information content (AvgIpc) is 3.45. The molecule has 0 aliphatic rings. The van der Waals surface area contributed by atoms with Crippen molar-refractivity contribution in [2.75, 3.05) is 24.9 Å². The highest BCUT2D eigenvalue weighted by atomic mass is 32.1. The second-order valence-electron chi connectivity index (χ2n) is 7.02. The molecule has 5 rings (SSSR count). The molecule has 0 radical (unpaired) electrons. The Balaban J connectivity index is 1.31. The van der Waals surface area contributed by atoms with Crippen molar-refractivity contribution in [3.05, 3.63) is 66.0 Å². The summed E-state index contributed by atoms with van der Waals surface area (Å²) in [6.07, 6.45) is 0. The van der Waals surface area contributed by atoms with Crippen LogP contribution in [0.1, 0.15) is 21.0 Å². The quantitative estimate of drug-likeness (QED) is 0.350. The monoisotopic (exact) mass is 491 g/mol. The Morgan fingerprint density at radius 1 is 0.706 bits per heavy atom. The predicted molar refractivity (Wildman–Crippen MR) is 132 cm³/mol. The van der Waals surface area contributed by atoms with Crippen LogP contribution in [0.15, 0.2) is 54.6 Å². The van der Waals surface area contributed by atoms with Crippen LogP contribution >= 0.6 is 22.7 Å². The lowest BCUT2D eigenvalue weighted by Crippen LogP contribution is -2.18. The lowest BCUT2D eigenvalue weighted by atomic mass is 10.3. The smallest absolute Gasteiger partial charge is 0.276 e. The molecule has 0 saturated heterocycles. The van der Waals surface area contributed by atoms with Crippen molar-refractivity contribution in [2.24, 2.45) is 0 Å². The van der Waals surface area contributed by atoms with Gasteiger partial charge < -0.3 is 9.47 Å². The van der Waals surface area contributed by atoms with Gasteiger partial charge in [-0.2, -0.15) is 0 Å². The number of methoxy groups -OCH3 is 2. The van der Waals surface area contributed by atoms with Gasteiger partial charge in [-0.25, -0.2) is 15.0 Å². The van der Waals surface area contributed by atoms with Gasteiger partial charge in [0.25, 0.3) is 11.8 Å². The number of nitrogens with one attached hydrogen (secondary N) is 2. The van der Waals surface area contributed by atoms with E-state index in [4.69, 9.17) is 9.47 Å². The van der Waals surface area contributed by atoms with Gasteiger partial charge in [0.2, 0.25) is 0 Å². The molecule has 0 unspecified atom stereocenters. The second-order valence-corrected chi connectivity index (χ2v) is 9.08. The van der Waals surface area contributed by atoms with E-state index in [1.165, 1.54) is 34.8 Å². The molecular formula is C23H17N5O4S2. The zero-order chi connectivity index (χ0) is 23.7. The molecule has 34 heavy (non-hydrogen) atoms. The number of nitrogens with zero attached hydrogens (tertiary/aromatic N) is 3. The maximum Gasteiger partial charge on any atom is 0.276 e. The fourth-order valence-electron chi connectivity index (χ4n) is 3.18. The SMILES string of the molecule is COc1ccc2nc(NC(=O)c3cccc(C(=O)Nc4nc5ccc(OC)cc5s4)n3)sc2c1. The summed E-state index contributed by atoms with van der Waals surface area (Å²) in [6.45, 7) is 0. The molecular weight excluding hydrogens is 474 g/mol. The van der Waals surface area contributed by atoms with Crippen molar-refractivity contribution in [2.45, 2.75) is 0 Å². The Labute approximate surface area is 201 Å². The van der Waals surface area contributed by atoms with Crippen LogP contribution in [0, 0.1) is 0 Å². The fourth-order valence-corrected chi connectivity index (χ4v) is 4.96. The van der Waals surface area contributed by atoms with Gasteiger partial charge in [-0.05, 0) is 48.5 Å². The summed E-state index contributed by atoms with van der Waals surface area (Å²) in [6, 6.07) is 15.6. The number of thiazole rings is 2. The third-order valence-electron chi connectivity index (χ3n) is 4.85. The Bertz CT molecular complexity index is 1430. The van der Waals surface area contributed by atoms with Crippen LogP contribution < -0.4 is 20.1 Å². The van der Waals surface area contributed by atoms with Crippen molar-refractivity contribution in [3.63, 3.8) is 0 Å². The van der Waals surface area contributed by atoms with E-state index in [1.54, 1.807) is 32.4 Å². The summed E-state index contributed by atoms with van der Waals surface area (Å²) >= 11 is 2.64. The number of pyridine rings is 1. The normalized spacial score (nSPS) is 10.9. The minimum absolute atomic E-state index is 0.0959. The highest BCUT2D eigenvalue weighted by molar-refractivity contribution is 7.22. The van der Waals surface area contributed by atoms with E-state index in [0.29, 0.717) is 21.8 Å². The van der Waals surface area contributed by atoms with Gasteiger partial charge in [0.15, 0.2) is 10.3 Å². The molecule has 2 aromatic carbocycles. The largest absolute Gasteiger partial charge is 0.497 e. The number of carbonyl (C=O) groups is 2. The molecule has 0 saturated carbocycles. The zero-order valence-electron chi connectivity index (χ0n) is 18.0. The van der Waals surface area contributed by atoms with Crippen molar-refractivity contribution in [1.82, 2.24) is 15.0 Å². The number of benzene rings is 2. The second kappa shape index (κ2) is 9.04. The molecule has 11 heteroatoms. The first kappa shape index (κ1) is 21.7. The van der Waals surface area contributed by atoms with Crippen LogP contribution in [-0.4, -0.2) is 41.0 Å². The number of anilines is 2. The van der Waals surface area contributed by atoms with E-state index in [0.717, 1.165) is 20.4 Å². The molecule has 2 amide bonds. The molecule has 0 spiro atoms. The van der Waals surface area contributed by atoms with Gasteiger partial charge in [0, 0.05) is 0 Å². The number of amides is 2. The van der Waals surface area contributed by atoms with E-state index in [9.17, 15) is 9.59 Å². The maximum absolute atomic E-state index is 12.7. The van der Waals surface area contributed by atoms with Crippen LogP contribution in [0.25, 0.3) is 20.4 Å². The van der Waals surface area contributed by atoms with Gasteiger partial charge in [-0.15, -0.1) is 0 Å². The van der Waals surface area contributed by atoms with E-state index in [-0.39, 0.29) is 11.4 Å². The Hall–Kier alpha value is -4.09. The standard InChI is InChI=1S/C23H17N5O4S2/c1-31-12-6-8-14-18(10-12)33-22(25-14)27-20(29)16-4-3-5-17(24-16)21(30)28-23-26-15-9-7-13(32-2)11-19(15)34-23/h3-11H,1-2H3,(H,25,27,29)(H,26,28,30). The minimum Gasteiger partial charge on any atom is -0.497 e. The Morgan fingerprint density at radius 3 is 1.62 bits per heavy atom. The molecule has 5 aromatic rings. The third kappa shape index (κ3) is 4.38. The molecule has 3 aromatic heterocycles. The van der Waals surface area contributed by atoms with Crippen LogP contribution in [-0.2, 0) is 0 Å². The lowest BCUT2D eigenvalue weighted by molar-refractivity contribution is 0.101. The number of rotatable bonds is 6. The van der Waals surface area contributed by atoms with Gasteiger partial charge in [0.05, 0.1) is 34.7 Å². The number of hydrogen-bond donors (Lipinski definition) is 2. The molecule has 0 atom stereocenters. The first-order chi connectivity index (χ1) is 16.5. The molecule has 2 N–H and O–H groups in total. The topological polar surface area (TPSA) is 115 Å². The zero-order valence-corrected chi connectivity index (χ0v) is 19.6. The van der Waals surface area contributed by atoms with E-state index in [1.807, 2.05) is 24.3 Å². The number of carbonyl (C=O) groups excluding carboxylic acids is 2. The molecule has 0 aliphatic heterocycles. The van der Waals surface area contributed by atoms with Gasteiger partial charge in [0.1, 0.15) is 22.9 Å². The van der Waals surface area contributed by atoms with Crippen LogP contribution in [0.5, 0.6) is 11.5 Å². The average molecular weight is 492 g/mol. The van der Waals surface area contributed by atoms with E-state index in [2.05, 4.69) is 25.6 Å². The Morgan fingerprint density at radius 2 is 1.18 bits per heavy atom. The number of ether oxygens (including phenoxy) is 2. The molecule has 9 nitrogen and oxygen atoms in total. The summed E-state index contributed by atoms with van der Waals surface area (Å²) in [7, 11) is 3.18. The molecule has 3 heterocycles. The van der Waals surface area contributed by atoms with Gasteiger partial charge >= 0.3 is 0 Å². The first-order valence-electron chi connectivity index (χ1n) is 10.0. The summed E-state index contributed by atoms with van der Waals surface area (Å²) < 4.78 is 12.2. The molecule has 170 valence electrons. The molecule has 0 aliphatic carbocycles. The highest BCUT2D eigenvalue weighted by Gasteiger charge is 2.16. The fraction of sp³-hybridized carbons (Fsp3) is 0.0870. The number of hydrogen-bond acceptors (Lipinski definition) is 9. The highest BCUT2D eigenvalue weighted by Crippen LogP contribution is 2.30. The van der Waals surface area contributed by atoms with Crippen LogP contribution in [0.3, 0.4) is 0 Å². The summed E-state index contributed by atoms with van der Waals surface area (Å²) in [5.74, 6) is 0.490. The maximum atomic E-state index is 12.7. The van der Waals surface area contributed by atoms with Gasteiger partial charge in [-0.3, -0.25) is 20.2 Å². The van der Waals surface area contributed by atoms with Crippen molar-refractivity contribution in [1.29, 1.82) is 0 Å². The van der Waals surface area contributed by atoms with Crippen LogP contribution in [0.4, 0.5) is 10.3 Å². The summed E-state index contributed by atoms with van der Waals surface area (Å²) in [5, 5.41) is 6.33. The van der Waals surface area contributed by atoms with E-state index < -0.39 is 11.8 Å². The molecule has 0 fully saturated rings.